The van der Waals surface area contributed by atoms with Gasteiger partial charge in [-0.05, 0) is 68.7 Å². The molecule has 0 fully saturated rings. The summed E-state index contributed by atoms with van der Waals surface area (Å²) in [7, 11) is 3.07. The molecule has 0 saturated heterocycles. The molecule has 4 rings (SSSR count). The van der Waals surface area contributed by atoms with Gasteiger partial charge < -0.3 is 29.0 Å². The lowest BCUT2D eigenvalue weighted by Gasteiger charge is -2.30. The highest BCUT2D eigenvalue weighted by Gasteiger charge is 2.27. The third-order valence-corrected chi connectivity index (χ3v) is 7.12. The van der Waals surface area contributed by atoms with Crippen LogP contribution < -0.4 is 14.2 Å². The van der Waals surface area contributed by atoms with E-state index in [2.05, 4.69) is 11.1 Å². The van der Waals surface area contributed by atoms with Crippen molar-refractivity contribution in [1.29, 1.82) is 0 Å². The van der Waals surface area contributed by atoms with Crippen molar-refractivity contribution in [3.05, 3.63) is 89.6 Å². The maximum Gasteiger partial charge on any atom is 0.258 e. The first-order valence-electron chi connectivity index (χ1n) is 13.9. The van der Waals surface area contributed by atoms with Gasteiger partial charge in [-0.2, -0.15) is 0 Å². The SMILES string of the molecule is CCOc1ccc(CN(CCc2c[nH]c3ccccc23)C(=O)CN(C(=O)c2ccc(OC)cc2OC)C(C)C)cc1. The zero-order valence-electron chi connectivity index (χ0n) is 24.5. The zero-order chi connectivity index (χ0) is 29.4. The van der Waals surface area contributed by atoms with Crippen LogP contribution in [0.4, 0.5) is 0 Å². The van der Waals surface area contributed by atoms with Crippen LogP contribution in [-0.4, -0.2) is 66.6 Å². The van der Waals surface area contributed by atoms with Crippen LogP contribution >= 0.6 is 0 Å². The molecule has 41 heavy (non-hydrogen) atoms. The normalized spacial score (nSPS) is 11.0. The number of carbonyl (C=O) groups is 2. The van der Waals surface area contributed by atoms with Crippen LogP contribution in [0, 0.1) is 0 Å². The van der Waals surface area contributed by atoms with E-state index in [-0.39, 0.29) is 24.4 Å². The maximum absolute atomic E-state index is 13.9. The van der Waals surface area contributed by atoms with Crippen LogP contribution in [-0.2, 0) is 17.8 Å². The van der Waals surface area contributed by atoms with E-state index in [1.54, 1.807) is 30.2 Å². The first-order chi connectivity index (χ1) is 19.8. The molecule has 1 N–H and O–H groups in total. The Morgan fingerprint density at radius 2 is 1.66 bits per heavy atom. The molecule has 8 nitrogen and oxygen atoms in total. The smallest absolute Gasteiger partial charge is 0.258 e. The number of benzene rings is 3. The number of amides is 2. The molecule has 0 radical (unpaired) electrons. The first kappa shape index (κ1) is 29.5. The third-order valence-electron chi connectivity index (χ3n) is 7.12. The second kappa shape index (κ2) is 13.7. The van der Waals surface area contributed by atoms with E-state index in [4.69, 9.17) is 14.2 Å². The molecule has 0 aliphatic rings. The molecule has 1 aromatic heterocycles. The lowest BCUT2D eigenvalue weighted by Crippen LogP contribution is -2.46. The van der Waals surface area contributed by atoms with Gasteiger partial charge in [-0.3, -0.25) is 9.59 Å². The second-order valence-electron chi connectivity index (χ2n) is 10.1. The number of nitrogens with zero attached hydrogens (tertiary/aromatic N) is 2. The average Bonchev–Trinajstić information content (AvgIpc) is 3.41. The Kier molecular flexibility index (Phi) is 9.90. The number of rotatable bonds is 13. The second-order valence-corrected chi connectivity index (χ2v) is 10.1. The molecule has 3 aromatic carbocycles. The molecule has 2 amide bonds. The number of aromatic amines is 1. The fourth-order valence-electron chi connectivity index (χ4n) is 4.83. The van der Waals surface area contributed by atoms with Crippen molar-refractivity contribution in [1.82, 2.24) is 14.8 Å². The lowest BCUT2D eigenvalue weighted by molar-refractivity contribution is -0.132. The molecular weight excluding hydrogens is 518 g/mol. The number of hydrogen-bond donors (Lipinski definition) is 1. The summed E-state index contributed by atoms with van der Waals surface area (Å²) in [6.45, 7) is 7.21. The van der Waals surface area contributed by atoms with Crippen LogP contribution in [0.1, 0.15) is 42.3 Å². The third kappa shape index (κ3) is 7.20. The fraction of sp³-hybridized carbons (Fsp3) is 0.333. The van der Waals surface area contributed by atoms with Gasteiger partial charge in [-0.25, -0.2) is 0 Å². The van der Waals surface area contributed by atoms with E-state index < -0.39 is 0 Å². The summed E-state index contributed by atoms with van der Waals surface area (Å²) in [5.74, 6) is 1.37. The summed E-state index contributed by atoms with van der Waals surface area (Å²) in [5.41, 5.74) is 3.58. The van der Waals surface area contributed by atoms with Crippen molar-refractivity contribution >= 4 is 22.7 Å². The van der Waals surface area contributed by atoms with Crippen molar-refractivity contribution in [2.75, 3.05) is 33.9 Å². The predicted molar refractivity (Wildman–Crippen MR) is 161 cm³/mol. The minimum absolute atomic E-state index is 0.0589. The van der Waals surface area contributed by atoms with Crippen LogP contribution in [0.3, 0.4) is 0 Å². The molecule has 0 spiro atoms. The van der Waals surface area contributed by atoms with Gasteiger partial charge in [0.15, 0.2) is 0 Å². The minimum Gasteiger partial charge on any atom is -0.497 e. The highest BCUT2D eigenvalue weighted by atomic mass is 16.5. The van der Waals surface area contributed by atoms with E-state index in [1.807, 2.05) is 74.3 Å². The van der Waals surface area contributed by atoms with Gasteiger partial charge in [-0.15, -0.1) is 0 Å². The number of aromatic nitrogens is 1. The first-order valence-corrected chi connectivity index (χ1v) is 13.9. The van der Waals surface area contributed by atoms with Crippen LogP contribution in [0.2, 0.25) is 0 Å². The van der Waals surface area contributed by atoms with Crippen LogP contribution in [0.5, 0.6) is 17.2 Å². The Morgan fingerprint density at radius 3 is 2.34 bits per heavy atom. The summed E-state index contributed by atoms with van der Waals surface area (Å²) in [5, 5.41) is 1.14. The summed E-state index contributed by atoms with van der Waals surface area (Å²) in [4.78, 5) is 34.3. The average molecular weight is 558 g/mol. The lowest BCUT2D eigenvalue weighted by atomic mass is 10.1. The van der Waals surface area contributed by atoms with Gasteiger partial charge in [0.2, 0.25) is 5.91 Å². The maximum atomic E-state index is 13.9. The van der Waals surface area contributed by atoms with Gasteiger partial charge in [0.1, 0.15) is 23.8 Å². The summed E-state index contributed by atoms with van der Waals surface area (Å²) in [6, 6.07) is 20.8. The Bertz CT molecular complexity index is 1460. The molecule has 216 valence electrons. The highest BCUT2D eigenvalue weighted by molar-refractivity contribution is 5.99. The van der Waals surface area contributed by atoms with E-state index in [0.717, 1.165) is 27.8 Å². The quantitative estimate of drug-likeness (QED) is 0.228. The number of H-pyrrole nitrogens is 1. The molecule has 0 unspecified atom stereocenters. The summed E-state index contributed by atoms with van der Waals surface area (Å²) >= 11 is 0. The van der Waals surface area contributed by atoms with Crippen LogP contribution in [0.25, 0.3) is 10.9 Å². The van der Waals surface area contributed by atoms with Gasteiger partial charge >= 0.3 is 0 Å². The number of hydrogen-bond acceptors (Lipinski definition) is 5. The van der Waals surface area contributed by atoms with Gasteiger partial charge in [0.05, 0.1) is 26.4 Å². The summed E-state index contributed by atoms with van der Waals surface area (Å²) in [6.07, 6.45) is 2.68. The van der Waals surface area contributed by atoms with Gasteiger partial charge in [0, 0.05) is 42.3 Å². The number of para-hydroxylation sites is 1. The largest absolute Gasteiger partial charge is 0.497 e. The molecule has 0 aliphatic carbocycles. The van der Waals surface area contributed by atoms with Gasteiger partial charge in [-0.1, -0.05) is 30.3 Å². The molecule has 0 saturated carbocycles. The monoisotopic (exact) mass is 557 g/mol. The number of ether oxygens (including phenoxy) is 3. The number of fused-ring (bicyclic) bond motifs is 1. The Labute approximate surface area is 241 Å². The van der Waals surface area contributed by atoms with Crippen molar-refractivity contribution < 1.29 is 23.8 Å². The van der Waals surface area contributed by atoms with Crippen molar-refractivity contribution in [3.8, 4) is 17.2 Å². The molecule has 0 atom stereocenters. The zero-order valence-corrected chi connectivity index (χ0v) is 24.5. The number of methoxy groups -OCH3 is 2. The number of carbonyl (C=O) groups excluding carboxylic acids is 2. The van der Waals surface area contributed by atoms with E-state index in [9.17, 15) is 9.59 Å². The van der Waals surface area contributed by atoms with Crippen molar-refractivity contribution in [2.45, 2.75) is 39.8 Å². The fourth-order valence-corrected chi connectivity index (χ4v) is 4.83. The van der Waals surface area contributed by atoms with E-state index in [0.29, 0.717) is 43.2 Å². The van der Waals surface area contributed by atoms with E-state index >= 15 is 0 Å². The van der Waals surface area contributed by atoms with Crippen molar-refractivity contribution in [2.24, 2.45) is 0 Å². The Balaban J connectivity index is 1.57. The minimum atomic E-state index is -0.273. The Morgan fingerprint density at radius 1 is 0.927 bits per heavy atom. The standard InChI is InChI=1S/C33H39N3O5/c1-6-41-26-13-11-24(12-14-26)21-35(18-17-25-20-34-30-10-8-7-9-28(25)30)32(37)22-36(23(2)3)33(38)29-16-15-27(39-4)19-31(29)40-5/h7-16,19-20,23,34H,6,17-18,21-22H2,1-5H3. The Hall–Kier alpha value is -4.46. The number of nitrogens with one attached hydrogen (secondary N) is 1. The molecule has 8 heteroatoms. The molecule has 4 aromatic rings. The predicted octanol–water partition coefficient (Wildman–Crippen LogP) is 5.71. The van der Waals surface area contributed by atoms with E-state index in [1.165, 1.54) is 7.11 Å². The molecular formula is C33H39N3O5. The molecule has 0 bridgehead atoms. The van der Waals surface area contributed by atoms with Gasteiger partial charge in [0.25, 0.3) is 5.91 Å². The topological polar surface area (TPSA) is 84.1 Å². The van der Waals surface area contributed by atoms with Crippen molar-refractivity contribution in [3.63, 3.8) is 0 Å². The summed E-state index contributed by atoms with van der Waals surface area (Å²) < 4.78 is 16.3. The highest BCUT2D eigenvalue weighted by Crippen LogP contribution is 2.27. The molecule has 1 heterocycles. The van der Waals surface area contributed by atoms with Crippen LogP contribution in [0.15, 0.2) is 72.9 Å². The molecule has 0 aliphatic heterocycles.